The lowest BCUT2D eigenvalue weighted by Gasteiger charge is -2.16. The molecule has 1 heterocycles. The molecule has 0 radical (unpaired) electrons. The summed E-state index contributed by atoms with van der Waals surface area (Å²) in [6.45, 7) is 7.80. The molecule has 7 nitrogen and oxygen atoms in total. The Labute approximate surface area is 213 Å². The Morgan fingerprint density at radius 3 is 2.61 bits per heavy atom. The SMILES string of the molecule is CCOCCOc1cc(C)ccc1CNC(=NC)NCc1nccn1Cc1ccccc1.I. The maximum absolute atomic E-state index is 5.94. The number of ether oxygens (including phenoxy) is 2. The average molecular weight is 563 g/mol. The van der Waals surface area contributed by atoms with Crippen LogP contribution in [0.15, 0.2) is 65.9 Å². The molecule has 3 rings (SSSR count). The van der Waals surface area contributed by atoms with Gasteiger partial charge >= 0.3 is 0 Å². The van der Waals surface area contributed by atoms with Gasteiger partial charge in [0.2, 0.25) is 0 Å². The van der Waals surface area contributed by atoms with Crippen molar-refractivity contribution in [3.05, 3.63) is 83.4 Å². The average Bonchev–Trinajstić information content (AvgIpc) is 3.25. The van der Waals surface area contributed by atoms with Crippen molar-refractivity contribution in [2.45, 2.75) is 33.5 Å². The van der Waals surface area contributed by atoms with E-state index in [0.29, 0.717) is 38.9 Å². The van der Waals surface area contributed by atoms with Crippen molar-refractivity contribution < 1.29 is 9.47 Å². The highest BCUT2D eigenvalue weighted by Gasteiger charge is 2.08. The number of aliphatic imine (C=N–C) groups is 1. The molecule has 1 aromatic heterocycles. The predicted molar refractivity (Wildman–Crippen MR) is 143 cm³/mol. The summed E-state index contributed by atoms with van der Waals surface area (Å²) in [7, 11) is 1.76. The van der Waals surface area contributed by atoms with Gasteiger partial charge in [-0.05, 0) is 31.0 Å². The normalized spacial score (nSPS) is 11.1. The minimum absolute atomic E-state index is 0. The molecule has 2 aromatic carbocycles. The summed E-state index contributed by atoms with van der Waals surface area (Å²) in [5.41, 5.74) is 3.47. The van der Waals surface area contributed by atoms with Gasteiger partial charge in [-0.3, -0.25) is 4.99 Å². The summed E-state index contributed by atoms with van der Waals surface area (Å²) in [6.07, 6.45) is 3.83. The van der Waals surface area contributed by atoms with Crippen LogP contribution in [0.3, 0.4) is 0 Å². The molecule has 0 atom stereocenters. The number of aromatic nitrogens is 2. The summed E-state index contributed by atoms with van der Waals surface area (Å²) < 4.78 is 13.5. The number of hydrogen-bond donors (Lipinski definition) is 2. The summed E-state index contributed by atoms with van der Waals surface area (Å²) in [5.74, 6) is 2.53. The molecular weight excluding hydrogens is 529 g/mol. The quantitative estimate of drug-likeness (QED) is 0.159. The second kappa shape index (κ2) is 14.5. The first-order valence-electron chi connectivity index (χ1n) is 11.0. The molecular formula is C25H34IN5O2. The van der Waals surface area contributed by atoms with Crippen molar-refractivity contribution in [1.82, 2.24) is 20.2 Å². The minimum Gasteiger partial charge on any atom is -0.491 e. The number of guanidine groups is 1. The molecule has 3 aromatic rings. The number of rotatable bonds is 11. The fourth-order valence-corrected chi connectivity index (χ4v) is 3.29. The monoisotopic (exact) mass is 563 g/mol. The fourth-order valence-electron chi connectivity index (χ4n) is 3.29. The molecule has 0 aliphatic heterocycles. The van der Waals surface area contributed by atoms with Crippen LogP contribution in [0, 0.1) is 6.92 Å². The van der Waals surface area contributed by atoms with Gasteiger partial charge in [-0.15, -0.1) is 24.0 Å². The number of halogens is 1. The van der Waals surface area contributed by atoms with Gasteiger partial charge in [-0.25, -0.2) is 4.98 Å². The number of nitrogens with one attached hydrogen (secondary N) is 2. The number of hydrogen-bond acceptors (Lipinski definition) is 4. The van der Waals surface area contributed by atoms with Crippen molar-refractivity contribution in [1.29, 1.82) is 0 Å². The van der Waals surface area contributed by atoms with E-state index in [4.69, 9.17) is 9.47 Å². The highest BCUT2D eigenvalue weighted by atomic mass is 127. The second-order valence-corrected chi connectivity index (χ2v) is 7.39. The Balaban J connectivity index is 0.00000385. The first-order valence-corrected chi connectivity index (χ1v) is 11.0. The smallest absolute Gasteiger partial charge is 0.191 e. The van der Waals surface area contributed by atoms with Gasteiger partial charge in [0.15, 0.2) is 5.96 Å². The number of nitrogens with zero attached hydrogens (tertiary/aromatic N) is 3. The van der Waals surface area contributed by atoms with Crippen LogP contribution in [0.4, 0.5) is 0 Å². The Bertz CT molecular complexity index is 991. The van der Waals surface area contributed by atoms with E-state index in [9.17, 15) is 0 Å². The maximum atomic E-state index is 5.94. The predicted octanol–water partition coefficient (Wildman–Crippen LogP) is 4.14. The largest absolute Gasteiger partial charge is 0.491 e. The van der Waals surface area contributed by atoms with Gasteiger partial charge in [0.05, 0.1) is 13.2 Å². The molecule has 0 unspecified atom stereocenters. The van der Waals surface area contributed by atoms with Gasteiger partial charge in [0.1, 0.15) is 18.2 Å². The van der Waals surface area contributed by atoms with Gasteiger partial charge in [-0.2, -0.15) is 0 Å². The van der Waals surface area contributed by atoms with Crippen LogP contribution in [0.2, 0.25) is 0 Å². The van der Waals surface area contributed by atoms with E-state index in [2.05, 4.69) is 74.6 Å². The first kappa shape index (κ1) is 26.7. The lowest BCUT2D eigenvalue weighted by Crippen LogP contribution is -2.37. The van der Waals surface area contributed by atoms with Crippen LogP contribution in [0.25, 0.3) is 0 Å². The highest BCUT2D eigenvalue weighted by molar-refractivity contribution is 14.0. The zero-order chi connectivity index (χ0) is 22.6. The van der Waals surface area contributed by atoms with Crippen molar-refractivity contribution in [2.75, 3.05) is 26.9 Å². The first-order chi connectivity index (χ1) is 15.7. The summed E-state index contributed by atoms with van der Waals surface area (Å²) >= 11 is 0. The molecule has 2 N–H and O–H groups in total. The maximum Gasteiger partial charge on any atom is 0.191 e. The van der Waals surface area contributed by atoms with Crippen LogP contribution >= 0.6 is 24.0 Å². The summed E-state index contributed by atoms with van der Waals surface area (Å²) in [5, 5.41) is 6.72. The Morgan fingerprint density at radius 1 is 1.06 bits per heavy atom. The second-order valence-electron chi connectivity index (χ2n) is 7.39. The van der Waals surface area contributed by atoms with Gasteiger partial charge in [0.25, 0.3) is 0 Å². The lowest BCUT2D eigenvalue weighted by molar-refractivity contribution is 0.110. The van der Waals surface area contributed by atoms with Crippen molar-refractivity contribution in [3.63, 3.8) is 0 Å². The van der Waals surface area contributed by atoms with Crippen molar-refractivity contribution in [2.24, 2.45) is 4.99 Å². The third-order valence-electron chi connectivity index (χ3n) is 4.99. The zero-order valence-electron chi connectivity index (χ0n) is 19.6. The summed E-state index contributed by atoms with van der Waals surface area (Å²) in [6, 6.07) is 16.6. The highest BCUT2D eigenvalue weighted by Crippen LogP contribution is 2.20. The van der Waals surface area contributed by atoms with Crippen LogP contribution in [0.1, 0.15) is 29.4 Å². The Morgan fingerprint density at radius 2 is 1.85 bits per heavy atom. The van der Waals surface area contributed by atoms with E-state index in [1.165, 1.54) is 5.56 Å². The molecule has 178 valence electrons. The zero-order valence-corrected chi connectivity index (χ0v) is 21.9. The van der Waals surface area contributed by atoms with Crippen LogP contribution in [-0.2, 0) is 24.4 Å². The molecule has 0 saturated carbocycles. The standard InChI is InChI=1S/C25H33N5O2.HI/c1-4-31-14-15-32-23-16-20(2)10-11-22(23)17-28-25(26-3)29-18-24-27-12-13-30(24)19-21-8-6-5-7-9-21;/h5-13,16H,4,14-15,17-19H2,1-3H3,(H2,26,28,29);1H. The van der Waals surface area contributed by atoms with Gasteiger partial charge < -0.3 is 24.7 Å². The van der Waals surface area contributed by atoms with E-state index in [1.807, 2.05) is 25.4 Å². The third-order valence-corrected chi connectivity index (χ3v) is 4.99. The number of aryl methyl sites for hydroxylation is 1. The fraction of sp³-hybridized carbons (Fsp3) is 0.360. The van der Waals surface area contributed by atoms with Crippen LogP contribution in [-0.4, -0.2) is 42.4 Å². The van der Waals surface area contributed by atoms with Gasteiger partial charge in [-0.1, -0.05) is 42.5 Å². The lowest BCUT2D eigenvalue weighted by atomic mass is 10.1. The molecule has 0 amide bonds. The molecule has 0 saturated heterocycles. The minimum atomic E-state index is 0. The molecule has 0 bridgehead atoms. The Hall–Kier alpha value is -2.59. The molecule has 33 heavy (non-hydrogen) atoms. The van der Waals surface area contributed by atoms with Gasteiger partial charge in [0, 0.05) is 44.7 Å². The Kier molecular flexibility index (Phi) is 11.7. The van der Waals surface area contributed by atoms with Crippen molar-refractivity contribution in [3.8, 4) is 5.75 Å². The third kappa shape index (κ3) is 8.70. The summed E-state index contributed by atoms with van der Waals surface area (Å²) in [4.78, 5) is 8.84. The van der Waals surface area contributed by atoms with E-state index in [1.54, 1.807) is 7.05 Å². The van der Waals surface area contributed by atoms with Crippen LogP contribution < -0.4 is 15.4 Å². The molecule has 0 fully saturated rings. The molecule has 0 spiro atoms. The van der Waals surface area contributed by atoms with Crippen molar-refractivity contribution >= 4 is 29.9 Å². The van der Waals surface area contributed by atoms with E-state index < -0.39 is 0 Å². The molecule has 0 aliphatic rings. The van der Waals surface area contributed by atoms with E-state index in [-0.39, 0.29) is 24.0 Å². The molecule has 0 aliphatic carbocycles. The molecule has 8 heteroatoms. The van der Waals surface area contributed by atoms with Crippen LogP contribution in [0.5, 0.6) is 5.75 Å². The number of imidazole rings is 1. The number of benzene rings is 2. The van der Waals surface area contributed by atoms with E-state index >= 15 is 0 Å². The topological polar surface area (TPSA) is 72.7 Å². The van der Waals surface area contributed by atoms with E-state index in [0.717, 1.165) is 29.2 Å².